The third kappa shape index (κ3) is 6.73. The number of carbonyl (C=O) groups is 2. The number of hydrogen-bond donors (Lipinski definition) is 1. The van der Waals surface area contributed by atoms with Crippen LogP contribution in [0, 0.1) is 3.57 Å². The van der Waals surface area contributed by atoms with Crippen LogP contribution in [0.2, 0.25) is 0 Å². The highest BCUT2D eigenvalue weighted by Gasteiger charge is 2.38. The van der Waals surface area contributed by atoms with Crippen molar-refractivity contribution < 1.29 is 30.0 Å². The molecule has 1 N–H and O–H groups in total. The van der Waals surface area contributed by atoms with Crippen LogP contribution in [0.15, 0.2) is 79.1 Å². The van der Waals surface area contributed by atoms with Gasteiger partial charge in [0.05, 0.1) is 46.1 Å². The van der Waals surface area contributed by atoms with E-state index in [1.807, 2.05) is 43.3 Å². The summed E-state index contributed by atoms with van der Waals surface area (Å²) in [6.07, 6.45) is 0.868. The summed E-state index contributed by atoms with van der Waals surface area (Å²) in [5.41, 5.74) is 4.51. The Balaban J connectivity index is 0.00000211. The fraction of sp³-hybridized carbons (Fsp3) is 0.273. The van der Waals surface area contributed by atoms with Crippen molar-refractivity contribution >= 4 is 51.5 Å². The molecule has 2 amide bonds. The Hall–Kier alpha value is -3.99. The predicted molar refractivity (Wildman–Crippen MR) is 177 cm³/mol. The lowest BCUT2D eigenvalue weighted by atomic mass is 9.82. The topological polar surface area (TPSA) is 86.3 Å². The molecule has 0 radical (unpaired) electrons. The first-order valence-electron chi connectivity index (χ1n) is 13.3. The minimum Gasteiger partial charge on any atom is -0.501 e. The van der Waals surface area contributed by atoms with Gasteiger partial charge in [0.25, 0.3) is 5.91 Å². The van der Waals surface area contributed by atoms with E-state index in [1.165, 1.54) is 21.3 Å². The highest BCUT2D eigenvalue weighted by Crippen LogP contribution is 2.46. The summed E-state index contributed by atoms with van der Waals surface area (Å²) in [6, 6.07) is 16.9. The first kappa shape index (κ1) is 32.5. The van der Waals surface area contributed by atoms with Gasteiger partial charge in [-0.2, -0.15) is 0 Å². The van der Waals surface area contributed by atoms with Crippen molar-refractivity contribution in [3.05, 3.63) is 93.8 Å². The lowest BCUT2D eigenvalue weighted by molar-refractivity contribution is -0.116. The van der Waals surface area contributed by atoms with Crippen molar-refractivity contribution in [1.82, 2.24) is 0 Å². The van der Waals surface area contributed by atoms with E-state index >= 15 is 0 Å². The largest absolute Gasteiger partial charge is 0.501 e. The molecule has 42 heavy (non-hydrogen) atoms. The van der Waals surface area contributed by atoms with Crippen LogP contribution >= 0.6 is 22.6 Å². The number of rotatable bonds is 9. The monoisotopic (exact) mass is 686 g/mol. The number of ether oxygens (including phenoxy) is 4. The van der Waals surface area contributed by atoms with Gasteiger partial charge in [-0.05, 0) is 77.4 Å². The molecule has 1 aliphatic rings. The number of allylic oxidation sites excluding steroid dienone is 1. The van der Waals surface area contributed by atoms with E-state index in [0.717, 1.165) is 26.8 Å². The van der Waals surface area contributed by atoms with Crippen LogP contribution in [0.1, 0.15) is 38.7 Å². The molecule has 0 saturated carbocycles. The molecule has 0 saturated heterocycles. The van der Waals surface area contributed by atoms with Crippen molar-refractivity contribution in [2.75, 3.05) is 38.7 Å². The molecular formula is C33H39IN2O6. The molecular weight excluding hydrogens is 647 g/mol. The summed E-state index contributed by atoms with van der Waals surface area (Å²) in [7, 11) is 6.15. The second-order valence-corrected chi connectivity index (χ2v) is 10.5. The molecule has 3 aromatic rings. The Morgan fingerprint density at radius 3 is 2.24 bits per heavy atom. The van der Waals surface area contributed by atoms with Crippen molar-refractivity contribution in [1.29, 1.82) is 0 Å². The molecule has 0 fully saturated rings. The molecule has 224 valence electrons. The number of halogens is 1. The van der Waals surface area contributed by atoms with Crippen LogP contribution in [0.3, 0.4) is 0 Å². The predicted octanol–water partition coefficient (Wildman–Crippen LogP) is 7.64. The standard InChI is InChI=1S/C31H33IN2O6.C2H4.H2/c1-7-23-24-15-20(32)11-12-25(24)34(31(36)29(23)18(2)37-3)22-10-8-9-19(13-22)14-28(35)33-21-16-26(38-4)30(40-6)27(17-21)39-5;1-2;/h8-13,15-17,23H,7,14H2,1-6H3,(H,33,35);1-2H2;1H/b29-18+;;. The maximum Gasteiger partial charge on any atom is 0.262 e. The normalized spacial score (nSPS) is 15.1. The summed E-state index contributed by atoms with van der Waals surface area (Å²) < 4.78 is 22.8. The molecule has 9 heteroatoms. The third-order valence-electron chi connectivity index (χ3n) is 6.96. The minimum atomic E-state index is -0.229. The van der Waals surface area contributed by atoms with Gasteiger partial charge in [-0.25, -0.2) is 0 Å². The number of amides is 2. The third-order valence-corrected chi connectivity index (χ3v) is 7.63. The van der Waals surface area contributed by atoms with Gasteiger partial charge in [0, 0.05) is 34.4 Å². The van der Waals surface area contributed by atoms with E-state index in [2.05, 4.69) is 54.1 Å². The van der Waals surface area contributed by atoms with E-state index in [4.69, 9.17) is 18.9 Å². The Kier molecular flexibility index (Phi) is 11.4. The molecule has 1 unspecified atom stereocenters. The summed E-state index contributed by atoms with van der Waals surface area (Å²) in [4.78, 5) is 28.7. The number of nitrogens with one attached hydrogen (secondary N) is 1. The number of fused-ring (bicyclic) bond motifs is 1. The quantitative estimate of drug-likeness (QED) is 0.108. The Morgan fingerprint density at radius 2 is 1.67 bits per heavy atom. The van der Waals surface area contributed by atoms with Gasteiger partial charge in [0.2, 0.25) is 11.7 Å². The second kappa shape index (κ2) is 14.8. The fourth-order valence-corrected chi connectivity index (χ4v) is 5.59. The second-order valence-electron chi connectivity index (χ2n) is 9.29. The molecule has 0 aromatic heterocycles. The van der Waals surface area contributed by atoms with Crippen LogP contribution < -0.4 is 24.4 Å². The summed E-state index contributed by atoms with van der Waals surface area (Å²) in [5.74, 6) is 1.51. The Morgan fingerprint density at radius 1 is 1.00 bits per heavy atom. The lowest BCUT2D eigenvalue weighted by Gasteiger charge is -2.36. The van der Waals surface area contributed by atoms with E-state index in [9.17, 15) is 9.59 Å². The summed E-state index contributed by atoms with van der Waals surface area (Å²) >= 11 is 2.30. The van der Waals surface area contributed by atoms with Crippen molar-refractivity contribution in [3.8, 4) is 17.2 Å². The lowest BCUT2D eigenvalue weighted by Crippen LogP contribution is -2.36. The molecule has 1 aliphatic heterocycles. The van der Waals surface area contributed by atoms with E-state index in [-0.39, 0.29) is 25.6 Å². The van der Waals surface area contributed by atoms with E-state index in [1.54, 1.807) is 24.1 Å². The van der Waals surface area contributed by atoms with Crippen LogP contribution in [-0.2, 0) is 20.7 Å². The van der Waals surface area contributed by atoms with Gasteiger partial charge in [-0.15, -0.1) is 13.2 Å². The average molecular weight is 687 g/mol. The average Bonchev–Trinajstić information content (AvgIpc) is 3.00. The Bertz CT molecular complexity index is 1470. The van der Waals surface area contributed by atoms with Crippen LogP contribution in [0.5, 0.6) is 17.2 Å². The van der Waals surface area contributed by atoms with Gasteiger partial charge in [-0.1, -0.05) is 19.1 Å². The number of anilines is 3. The summed E-state index contributed by atoms with van der Waals surface area (Å²) in [5, 5.41) is 2.90. The maximum atomic E-state index is 14.0. The number of nitrogens with zero attached hydrogens (tertiary/aromatic N) is 1. The highest BCUT2D eigenvalue weighted by atomic mass is 127. The zero-order valence-electron chi connectivity index (χ0n) is 24.9. The number of hydrogen-bond acceptors (Lipinski definition) is 6. The first-order valence-corrected chi connectivity index (χ1v) is 14.4. The minimum absolute atomic E-state index is 0. The van der Waals surface area contributed by atoms with Gasteiger partial charge in [0.15, 0.2) is 11.5 Å². The SMILES string of the molecule is C=C.CCC1/C(=C(/C)OC)C(=O)N(c2cccc(CC(=O)Nc3cc(OC)c(OC)c(OC)c3)c2)c2ccc(I)cc21.[HH]. The Labute approximate surface area is 262 Å². The van der Waals surface area contributed by atoms with Gasteiger partial charge in [0.1, 0.15) is 5.76 Å². The zero-order valence-corrected chi connectivity index (χ0v) is 27.0. The van der Waals surface area contributed by atoms with E-state index in [0.29, 0.717) is 40.0 Å². The van der Waals surface area contributed by atoms with Gasteiger partial charge in [-0.3, -0.25) is 14.5 Å². The van der Waals surface area contributed by atoms with Crippen molar-refractivity contribution in [3.63, 3.8) is 0 Å². The van der Waals surface area contributed by atoms with Crippen LogP contribution in [-0.4, -0.2) is 40.3 Å². The number of carbonyl (C=O) groups excluding carboxylic acids is 2. The van der Waals surface area contributed by atoms with Gasteiger partial charge >= 0.3 is 0 Å². The van der Waals surface area contributed by atoms with Crippen LogP contribution in [0.4, 0.5) is 17.1 Å². The molecule has 1 atom stereocenters. The summed E-state index contributed by atoms with van der Waals surface area (Å²) in [6.45, 7) is 9.91. The van der Waals surface area contributed by atoms with Gasteiger partial charge < -0.3 is 24.3 Å². The van der Waals surface area contributed by atoms with E-state index < -0.39 is 0 Å². The van der Waals surface area contributed by atoms with Crippen molar-refractivity contribution in [2.45, 2.75) is 32.6 Å². The first-order chi connectivity index (χ1) is 20.3. The maximum absolute atomic E-state index is 14.0. The molecule has 8 nitrogen and oxygen atoms in total. The fourth-order valence-electron chi connectivity index (χ4n) is 5.08. The molecule has 4 rings (SSSR count). The molecule has 3 aromatic carbocycles. The molecule has 0 spiro atoms. The molecule has 1 heterocycles. The number of methoxy groups -OCH3 is 4. The van der Waals surface area contributed by atoms with Crippen molar-refractivity contribution in [2.24, 2.45) is 0 Å². The number of benzene rings is 3. The van der Waals surface area contributed by atoms with Crippen LogP contribution in [0.25, 0.3) is 0 Å². The highest BCUT2D eigenvalue weighted by molar-refractivity contribution is 14.1. The zero-order chi connectivity index (χ0) is 31.0. The molecule has 0 bridgehead atoms. The smallest absolute Gasteiger partial charge is 0.262 e. The molecule has 0 aliphatic carbocycles.